The molecule has 18 heavy (non-hydrogen) atoms. The first-order valence-electron chi connectivity index (χ1n) is 6.34. The van der Waals surface area contributed by atoms with Gasteiger partial charge in [0.15, 0.2) is 0 Å². The van der Waals surface area contributed by atoms with Crippen molar-refractivity contribution in [1.82, 2.24) is 9.88 Å². The van der Waals surface area contributed by atoms with E-state index in [1.165, 1.54) is 35.0 Å². The lowest BCUT2D eigenvalue weighted by Gasteiger charge is -2.22. The summed E-state index contributed by atoms with van der Waals surface area (Å²) in [6, 6.07) is 6.41. The van der Waals surface area contributed by atoms with Gasteiger partial charge < -0.3 is 9.88 Å². The molecule has 3 heteroatoms. The molecule has 0 atom stereocenters. The van der Waals surface area contributed by atoms with E-state index in [-0.39, 0.29) is 0 Å². The SMILES string of the molecule is CN1CCC=C(Cc2c[nH]c3ccc(Br)cc23)C1. The Balaban J connectivity index is 1.90. The number of halogens is 1. The van der Waals surface area contributed by atoms with Crippen LogP contribution in [0.15, 0.2) is 40.5 Å². The molecular formula is C15H17BrN2. The Kier molecular flexibility index (Phi) is 3.27. The second-order valence-electron chi connectivity index (χ2n) is 5.07. The van der Waals surface area contributed by atoms with E-state index < -0.39 is 0 Å². The first-order valence-corrected chi connectivity index (χ1v) is 7.13. The third-order valence-corrected chi connectivity index (χ3v) is 4.06. The van der Waals surface area contributed by atoms with Crippen molar-refractivity contribution < 1.29 is 0 Å². The zero-order chi connectivity index (χ0) is 12.5. The Hall–Kier alpha value is -1.06. The summed E-state index contributed by atoms with van der Waals surface area (Å²) in [6.45, 7) is 2.28. The number of nitrogens with zero attached hydrogens (tertiary/aromatic N) is 1. The molecule has 0 saturated heterocycles. The average Bonchev–Trinajstić information content (AvgIpc) is 2.72. The smallest absolute Gasteiger partial charge is 0.0457 e. The van der Waals surface area contributed by atoms with E-state index >= 15 is 0 Å². The van der Waals surface area contributed by atoms with Gasteiger partial charge in [0.2, 0.25) is 0 Å². The van der Waals surface area contributed by atoms with Crippen LogP contribution in [0.4, 0.5) is 0 Å². The minimum Gasteiger partial charge on any atom is -0.361 e. The van der Waals surface area contributed by atoms with Gasteiger partial charge in [-0.05, 0) is 43.7 Å². The van der Waals surface area contributed by atoms with Crippen LogP contribution in [0.3, 0.4) is 0 Å². The molecule has 0 spiro atoms. The topological polar surface area (TPSA) is 19.0 Å². The molecule has 0 amide bonds. The number of hydrogen-bond donors (Lipinski definition) is 1. The molecule has 2 nitrogen and oxygen atoms in total. The summed E-state index contributed by atoms with van der Waals surface area (Å²) in [7, 11) is 2.19. The molecule has 1 N–H and O–H groups in total. The van der Waals surface area contributed by atoms with E-state index in [4.69, 9.17) is 0 Å². The highest BCUT2D eigenvalue weighted by atomic mass is 79.9. The molecule has 0 unspecified atom stereocenters. The summed E-state index contributed by atoms with van der Waals surface area (Å²) in [5.41, 5.74) is 4.15. The summed E-state index contributed by atoms with van der Waals surface area (Å²) in [6.07, 6.45) is 6.78. The highest BCUT2D eigenvalue weighted by molar-refractivity contribution is 9.10. The number of fused-ring (bicyclic) bond motifs is 1. The fraction of sp³-hybridized carbons (Fsp3) is 0.333. The van der Waals surface area contributed by atoms with E-state index in [1.54, 1.807) is 0 Å². The summed E-state index contributed by atoms with van der Waals surface area (Å²) in [5, 5.41) is 1.33. The summed E-state index contributed by atoms with van der Waals surface area (Å²) >= 11 is 3.55. The summed E-state index contributed by atoms with van der Waals surface area (Å²) < 4.78 is 1.14. The number of benzene rings is 1. The van der Waals surface area contributed by atoms with Gasteiger partial charge in [0, 0.05) is 34.7 Å². The molecule has 1 aliphatic heterocycles. The fourth-order valence-electron chi connectivity index (χ4n) is 2.65. The molecule has 0 radical (unpaired) electrons. The molecule has 2 heterocycles. The van der Waals surface area contributed by atoms with Crippen LogP contribution in [0.25, 0.3) is 10.9 Å². The van der Waals surface area contributed by atoms with Gasteiger partial charge in [-0.15, -0.1) is 0 Å². The lowest BCUT2D eigenvalue weighted by Crippen LogP contribution is -2.26. The maximum atomic E-state index is 3.55. The van der Waals surface area contributed by atoms with Crippen molar-refractivity contribution in [3.63, 3.8) is 0 Å². The Labute approximate surface area is 116 Å². The quantitative estimate of drug-likeness (QED) is 0.838. The minimum atomic E-state index is 1.06. The molecule has 2 aromatic rings. The van der Waals surface area contributed by atoms with Crippen molar-refractivity contribution in [3.8, 4) is 0 Å². The zero-order valence-corrected chi connectivity index (χ0v) is 12.1. The van der Waals surface area contributed by atoms with E-state index in [9.17, 15) is 0 Å². The van der Waals surface area contributed by atoms with Crippen molar-refractivity contribution in [2.75, 3.05) is 20.1 Å². The second-order valence-corrected chi connectivity index (χ2v) is 5.99. The number of H-pyrrole nitrogens is 1. The number of rotatable bonds is 2. The van der Waals surface area contributed by atoms with Crippen LogP contribution in [0.5, 0.6) is 0 Å². The Bertz CT molecular complexity index is 598. The third-order valence-electron chi connectivity index (χ3n) is 3.56. The first-order chi connectivity index (χ1) is 8.72. The number of aromatic amines is 1. The van der Waals surface area contributed by atoms with Crippen molar-refractivity contribution in [3.05, 3.63) is 46.1 Å². The molecule has 0 saturated carbocycles. The number of nitrogens with one attached hydrogen (secondary N) is 1. The predicted octanol–water partition coefficient (Wildman–Crippen LogP) is 3.73. The normalized spacial score (nSPS) is 17.1. The molecule has 94 valence electrons. The summed E-state index contributed by atoms with van der Waals surface area (Å²) in [5.74, 6) is 0. The van der Waals surface area contributed by atoms with Crippen LogP contribution in [0.1, 0.15) is 12.0 Å². The fourth-order valence-corrected chi connectivity index (χ4v) is 3.01. The highest BCUT2D eigenvalue weighted by Gasteiger charge is 2.11. The van der Waals surface area contributed by atoms with Gasteiger partial charge in [0.05, 0.1) is 0 Å². The Morgan fingerprint density at radius 3 is 3.11 bits per heavy atom. The van der Waals surface area contributed by atoms with Crippen LogP contribution in [0, 0.1) is 0 Å². The highest BCUT2D eigenvalue weighted by Crippen LogP contribution is 2.25. The molecule has 1 aromatic heterocycles. The van der Waals surface area contributed by atoms with Crippen LogP contribution < -0.4 is 0 Å². The van der Waals surface area contributed by atoms with Crippen LogP contribution >= 0.6 is 15.9 Å². The molecule has 1 aliphatic rings. The molecule has 3 rings (SSSR count). The number of hydrogen-bond acceptors (Lipinski definition) is 1. The zero-order valence-electron chi connectivity index (χ0n) is 10.5. The van der Waals surface area contributed by atoms with Gasteiger partial charge in [-0.2, -0.15) is 0 Å². The largest absolute Gasteiger partial charge is 0.361 e. The predicted molar refractivity (Wildman–Crippen MR) is 79.9 cm³/mol. The minimum absolute atomic E-state index is 1.06. The first kappa shape index (κ1) is 12.0. The number of aromatic nitrogens is 1. The molecule has 0 aliphatic carbocycles. The van der Waals surface area contributed by atoms with Gasteiger partial charge >= 0.3 is 0 Å². The van der Waals surface area contributed by atoms with E-state index in [0.717, 1.165) is 17.4 Å². The van der Waals surface area contributed by atoms with E-state index in [0.29, 0.717) is 0 Å². The van der Waals surface area contributed by atoms with Crippen LogP contribution in [0.2, 0.25) is 0 Å². The Morgan fingerprint density at radius 1 is 1.39 bits per heavy atom. The number of likely N-dealkylation sites (N-methyl/N-ethyl adjacent to an activating group) is 1. The molecule has 1 aromatic carbocycles. The van der Waals surface area contributed by atoms with Gasteiger partial charge in [-0.3, -0.25) is 0 Å². The van der Waals surface area contributed by atoms with Crippen LogP contribution in [-0.4, -0.2) is 30.0 Å². The third kappa shape index (κ3) is 2.38. The van der Waals surface area contributed by atoms with Gasteiger partial charge in [-0.25, -0.2) is 0 Å². The van der Waals surface area contributed by atoms with E-state index in [1.807, 2.05) is 0 Å². The maximum Gasteiger partial charge on any atom is 0.0457 e. The average molecular weight is 305 g/mol. The molecule has 0 fully saturated rings. The van der Waals surface area contributed by atoms with Gasteiger partial charge in [0.1, 0.15) is 0 Å². The molecule has 0 bridgehead atoms. The monoisotopic (exact) mass is 304 g/mol. The van der Waals surface area contributed by atoms with Crippen LogP contribution in [-0.2, 0) is 6.42 Å². The lowest BCUT2D eigenvalue weighted by atomic mass is 10.0. The van der Waals surface area contributed by atoms with Crippen molar-refractivity contribution in [1.29, 1.82) is 0 Å². The van der Waals surface area contributed by atoms with Crippen molar-refractivity contribution >= 4 is 26.8 Å². The van der Waals surface area contributed by atoms with Crippen molar-refractivity contribution in [2.45, 2.75) is 12.8 Å². The van der Waals surface area contributed by atoms with Crippen molar-refractivity contribution in [2.24, 2.45) is 0 Å². The summed E-state index contributed by atoms with van der Waals surface area (Å²) in [4.78, 5) is 5.74. The lowest BCUT2D eigenvalue weighted by molar-refractivity contribution is 0.352. The molecular weight excluding hydrogens is 288 g/mol. The second kappa shape index (κ2) is 4.90. The Morgan fingerprint density at radius 2 is 2.28 bits per heavy atom. The standard InChI is InChI=1S/C15H17BrN2/c1-18-6-2-3-11(10-18)7-12-9-17-15-5-4-13(16)8-14(12)15/h3-5,8-9,17H,2,6-7,10H2,1H3. The van der Waals surface area contributed by atoms with Gasteiger partial charge in [-0.1, -0.05) is 27.6 Å². The van der Waals surface area contributed by atoms with E-state index in [2.05, 4.69) is 63.3 Å². The maximum absolute atomic E-state index is 3.55. The van der Waals surface area contributed by atoms with Gasteiger partial charge in [0.25, 0.3) is 0 Å².